The first-order valence-electron chi connectivity index (χ1n) is 10.9. The lowest BCUT2D eigenvalue weighted by atomic mass is 10.1. The zero-order valence-electron chi connectivity index (χ0n) is 18.7. The molecular weight excluding hydrogens is 483 g/mol. The van der Waals surface area contributed by atoms with Crippen molar-refractivity contribution in [2.45, 2.75) is 39.7 Å². The van der Waals surface area contributed by atoms with E-state index in [2.05, 4.69) is 41.3 Å². The Hall–Kier alpha value is -0.810. The maximum absolute atomic E-state index is 11.8. The third kappa shape index (κ3) is 9.69. The smallest absolute Gasteiger partial charge is 0.409 e. The number of likely N-dealkylation sites (tertiary alicyclic amines) is 1. The van der Waals surface area contributed by atoms with E-state index < -0.39 is 0 Å². The Kier molecular flexibility index (Phi) is 12.9. The molecule has 29 heavy (non-hydrogen) atoms. The quantitative estimate of drug-likeness (QED) is 0.300. The van der Waals surface area contributed by atoms with Crippen molar-refractivity contribution in [3.05, 3.63) is 0 Å². The Morgan fingerprint density at radius 2 is 1.79 bits per heavy atom. The van der Waals surface area contributed by atoms with Gasteiger partial charge in [-0.05, 0) is 39.7 Å². The van der Waals surface area contributed by atoms with Gasteiger partial charge < -0.3 is 30.1 Å². The molecule has 2 N–H and O–H groups in total. The Bertz CT molecular complexity index is 491. The summed E-state index contributed by atoms with van der Waals surface area (Å²) in [6.07, 6.45) is 1.64. The van der Waals surface area contributed by atoms with Crippen molar-refractivity contribution in [1.82, 2.24) is 25.3 Å². The average molecular weight is 524 g/mol. The number of hydrogen-bond donors (Lipinski definition) is 2. The second-order valence-electron chi connectivity index (χ2n) is 8.03. The molecule has 2 aliphatic heterocycles. The standard InChI is InChI=1S/C20H40N6O2.HI/c1-5-21-19(22-15-17(3)16-25-13-11-24(4)12-14-25)23-18-7-9-26(10-8-18)20(27)28-6-2;/h17-18H,5-16H2,1-4H3,(H2,21,22,23);1H. The van der Waals surface area contributed by atoms with Gasteiger partial charge in [0, 0.05) is 64.9 Å². The Labute approximate surface area is 193 Å². The number of aliphatic imine (C=N–C) groups is 1. The van der Waals surface area contributed by atoms with E-state index in [0.717, 1.165) is 77.7 Å². The van der Waals surface area contributed by atoms with Crippen molar-refractivity contribution in [1.29, 1.82) is 0 Å². The van der Waals surface area contributed by atoms with Crippen LogP contribution >= 0.6 is 24.0 Å². The number of nitrogens with zero attached hydrogens (tertiary/aromatic N) is 4. The van der Waals surface area contributed by atoms with Crippen molar-refractivity contribution >= 4 is 36.0 Å². The lowest BCUT2D eigenvalue weighted by molar-refractivity contribution is 0.0963. The van der Waals surface area contributed by atoms with E-state index in [0.29, 0.717) is 18.6 Å². The van der Waals surface area contributed by atoms with E-state index in [-0.39, 0.29) is 30.1 Å². The molecule has 1 amide bonds. The normalized spacial score (nSPS) is 20.7. The fourth-order valence-electron chi connectivity index (χ4n) is 3.71. The summed E-state index contributed by atoms with van der Waals surface area (Å²) in [5, 5.41) is 6.92. The number of likely N-dealkylation sites (N-methyl/N-ethyl adjacent to an activating group) is 1. The van der Waals surface area contributed by atoms with Crippen molar-refractivity contribution in [3.63, 3.8) is 0 Å². The van der Waals surface area contributed by atoms with Crippen LogP contribution in [-0.4, -0.2) is 105 Å². The molecule has 2 rings (SSSR count). The van der Waals surface area contributed by atoms with Gasteiger partial charge in [-0.25, -0.2) is 4.79 Å². The van der Waals surface area contributed by atoms with Crippen LogP contribution in [0.2, 0.25) is 0 Å². The Morgan fingerprint density at radius 1 is 1.14 bits per heavy atom. The Morgan fingerprint density at radius 3 is 2.38 bits per heavy atom. The molecule has 2 saturated heterocycles. The summed E-state index contributed by atoms with van der Waals surface area (Å²) in [6, 6.07) is 0.344. The van der Waals surface area contributed by atoms with Gasteiger partial charge in [0.1, 0.15) is 0 Å². The van der Waals surface area contributed by atoms with Crippen molar-refractivity contribution < 1.29 is 9.53 Å². The minimum Gasteiger partial charge on any atom is -0.450 e. The molecule has 0 aromatic heterocycles. The highest BCUT2D eigenvalue weighted by molar-refractivity contribution is 14.0. The van der Waals surface area contributed by atoms with Crippen LogP contribution in [0.25, 0.3) is 0 Å². The largest absolute Gasteiger partial charge is 0.450 e. The molecule has 2 aliphatic rings. The molecule has 9 heteroatoms. The third-order valence-corrected chi connectivity index (χ3v) is 5.43. The van der Waals surface area contributed by atoms with Crippen molar-refractivity contribution in [2.24, 2.45) is 10.9 Å². The van der Waals surface area contributed by atoms with Crippen LogP contribution in [0.4, 0.5) is 4.79 Å². The lowest BCUT2D eigenvalue weighted by Gasteiger charge is -2.34. The molecule has 2 heterocycles. The molecule has 170 valence electrons. The molecule has 2 fully saturated rings. The number of guanidine groups is 1. The summed E-state index contributed by atoms with van der Waals surface area (Å²) in [5.41, 5.74) is 0. The molecular formula is C20H41IN6O2. The zero-order chi connectivity index (χ0) is 20.4. The van der Waals surface area contributed by atoms with Gasteiger partial charge in [0.15, 0.2) is 5.96 Å². The monoisotopic (exact) mass is 524 g/mol. The number of carbonyl (C=O) groups is 1. The van der Waals surface area contributed by atoms with Crippen LogP contribution in [0, 0.1) is 5.92 Å². The van der Waals surface area contributed by atoms with E-state index >= 15 is 0 Å². The maximum Gasteiger partial charge on any atom is 0.409 e. The first kappa shape index (κ1) is 26.2. The van der Waals surface area contributed by atoms with Gasteiger partial charge in [-0.2, -0.15) is 0 Å². The minimum atomic E-state index is -0.195. The van der Waals surface area contributed by atoms with Crippen LogP contribution in [0.15, 0.2) is 4.99 Å². The number of amides is 1. The molecule has 0 bridgehead atoms. The van der Waals surface area contributed by atoms with Crippen LogP contribution in [0.1, 0.15) is 33.6 Å². The summed E-state index contributed by atoms with van der Waals surface area (Å²) < 4.78 is 5.09. The summed E-state index contributed by atoms with van der Waals surface area (Å²) in [5.74, 6) is 1.42. The number of carbonyl (C=O) groups excluding carboxylic acids is 1. The highest BCUT2D eigenvalue weighted by Crippen LogP contribution is 2.11. The van der Waals surface area contributed by atoms with Gasteiger partial charge in [-0.15, -0.1) is 24.0 Å². The van der Waals surface area contributed by atoms with Crippen molar-refractivity contribution in [3.8, 4) is 0 Å². The number of rotatable bonds is 7. The van der Waals surface area contributed by atoms with Crippen LogP contribution in [-0.2, 0) is 4.74 Å². The lowest BCUT2D eigenvalue weighted by Crippen LogP contribution is -2.50. The summed E-state index contributed by atoms with van der Waals surface area (Å²) in [4.78, 5) is 23.4. The predicted octanol–water partition coefficient (Wildman–Crippen LogP) is 1.66. The molecule has 0 radical (unpaired) electrons. The van der Waals surface area contributed by atoms with Crippen LogP contribution in [0.3, 0.4) is 0 Å². The summed E-state index contributed by atoms with van der Waals surface area (Å²) in [7, 11) is 2.19. The molecule has 1 unspecified atom stereocenters. The van der Waals surface area contributed by atoms with Gasteiger partial charge in [0.25, 0.3) is 0 Å². The average Bonchev–Trinajstić information content (AvgIpc) is 2.69. The second-order valence-corrected chi connectivity index (χ2v) is 8.03. The number of halogens is 1. The summed E-state index contributed by atoms with van der Waals surface area (Å²) in [6.45, 7) is 15.5. The van der Waals surface area contributed by atoms with E-state index in [4.69, 9.17) is 9.73 Å². The highest BCUT2D eigenvalue weighted by atomic mass is 127. The van der Waals surface area contributed by atoms with Gasteiger partial charge in [0.2, 0.25) is 0 Å². The van der Waals surface area contributed by atoms with Gasteiger partial charge in [0.05, 0.1) is 6.61 Å². The van der Waals surface area contributed by atoms with E-state index in [1.807, 2.05) is 6.92 Å². The van der Waals surface area contributed by atoms with Gasteiger partial charge >= 0.3 is 6.09 Å². The van der Waals surface area contributed by atoms with Crippen LogP contribution in [0.5, 0.6) is 0 Å². The predicted molar refractivity (Wildman–Crippen MR) is 129 cm³/mol. The minimum absolute atomic E-state index is 0. The van der Waals surface area contributed by atoms with Gasteiger partial charge in [-0.1, -0.05) is 6.92 Å². The zero-order valence-corrected chi connectivity index (χ0v) is 21.0. The second kappa shape index (κ2) is 14.2. The number of nitrogens with one attached hydrogen (secondary N) is 2. The Balaban J connectivity index is 0.00000420. The molecule has 0 saturated carbocycles. The molecule has 0 aromatic rings. The molecule has 0 aromatic carbocycles. The topological polar surface area (TPSA) is 72.4 Å². The fourth-order valence-corrected chi connectivity index (χ4v) is 3.71. The van der Waals surface area contributed by atoms with Crippen LogP contribution < -0.4 is 10.6 Å². The van der Waals surface area contributed by atoms with Crippen molar-refractivity contribution in [2.75, 3.05) is 72.6 Å². The van der Waals surface area contributed by atoms with Gasteiger partial charge in [-0.3, -0.25) is 4.99 Å². The molecule has 0 spiro atoms. The van der Waals surface area contributed by atoms with E-state index in [9.17, 15) is 4.79 Å². The molecule has 8 nitrogen and oxygen atoms in total. The SMILES string of the molecule is CCNC(=NCC(C)CN1CCN(C)CC1)NC1CCN(C(=O)OCC)CC1.I. The first-order valence-corrected chi connectivity index (χ1v) is 10.9. The van der Waals surface area contributed by atoms with E-state index in [1.54, 1.807) is 4.90 Å². The highest BCUT2D eigenvalue weighted by Gasteiger charge is 2.24. The molecule has 0 aliphatic carbocycles. The number of piperazine rings is 1. The van der Waals surface area contributed by atoms with E-state index in [1.165, 1.54) is 0 Å². The first-order chi connectivity index (χ1) is 13.5. The number of hydrogen-bond acceptors (Lipinski definition) is 5. The fraction of sp³-hybridized carbons (Fsp3) is 0.900. The molecule has 1 atom stereocenters. The third-order valence-electron chi connectivity index (χ3n) is 5.43. The summed E-state index contributed by atoms with van der Waals surface area (Å²) >= 11 is 0. The number of ether oxygens (including phenoxy) is 1. The maximum atomic E-state index is 11.8. The number of piperidine rings is 1.